The Morgan fingerprint density at radius 2 is 1.95 bits per heavy atom. The van der Waals surface area contributed by atoms with Gasteiger partial charge in [-0.3, -0.25) is 0 Å². The Morgan fingerprint density at radius 1 is 1.30 bits per heavy atom. The highest BCUT2D eigenvalue weighted by Crippen LogP contribution is 2.21. The lowest BCUT2D eigenvalue weighted by molar-refractivity contribution is 0.148. The number of nitrogens with zero attached hydrogens (tertiary/aromatic N) is 1. The monoisotopic (exact) mass is 278 g/mol. The summed E-state index contributed by atoms with van der Waals surface area (Å²) in [5.41, 5.74) is 6.86. The molecule has 4 nitrogen and oxygen atoms in total. The first-order chi connectivity index (χ1) is 9.69. The van der Waals surface area contributed by atoms with E-state index in [1.807, 2.05) is 24.3 Å². The van der Waals surface area contributed by atoms with Gasteiger partial charge in [-0.2, -0.15) is 0 Å². The lowest BCUT2D eigenvalue weighted by Crippen LogP contribution is -2.40. The first-order valence-corrected chi connectivity index (χ1v) is 7.49. The van der Waals surface area contributed by atoms with Gasteiger partial charge in [-0.05, 0) is 63.0 Å². The minimum absolute atomic E-state index is 0.382. The number of aliphatic hydroxyl groups is 1. The van der Waals surface area contributed by atoms with Crippen molar-refractivity contribution in [1.29, 1.82) is 0 Å². The summed E-state index contributed by atoms with van der Waals surface area (Å²) in [5.74, 6) is 0.825. The van der Waals surface area contributed by atoms with Gasteiger partial charge in [0.05, 0.1) is 13.2 Å². The number of ether oxygens (including phenoxy) is 1. The molecule has 0 aliphatic carbocycles. The molecule has 0 amide bonds. The highest BCUT2D eigenvalue weighted by atomic mass is 16.5. The van der Waals surface area contributed by atoms with Crippen LogP contribution in [-0.2, 0) is 0 Å². The summed E-state index contributed by atoms with van der Waals surface area (Å²) >= 11 is 0. The van der Waals surface area contributed by atoms with E-state index in [9.17, 15) is 5.11 Å². The predicted molar refractivity (Wildman–Crippen MR) is 80.8 cm³/mol. The zero-order valence-electron chi connectivity index (χ0n) is 12.3. The Morgan fingerprint density at radius 3 is 2.55 bits per heavy atom. The molecule has 1 fully saturated rings. The molecule has 0 bridgehead atoms. The normalized spacial score (nSPS) is 18.9. The summed E-state index contributed by atoms with van der Waals surface area (Å²) in [6.45, 7) is 3.25. The lowest BCUT2D eigenvalue weighted by Gasteiger charge is -2.30. The van der Waals surface area contributed by atoms with Gasteiger partial charge >= 0.3 is 0 Å². The minimum Gasteiger partial charge on any atom is -0.497 e. The average molecular weight is 278 g/mol. The summed E-state index contributed by atoms with van der Waals surface area (Å²) < 4.78 is 5.12. The van der Waals surface area contributed by atoms with Crippen molar-refractivity contribution >= 4 is 0 Å². The van der Waals surface area contributed by atoms with Gasteiger partial charge in [0.25, 0.3) is 0 Å². The molecule has 1 saturated heterocycles. The van der Waals surface area contributed by atoms with Crippen LogP contribution in [0.1, 0.15) is 37.4 Å². The second-order valence-electron chi connectivity index (χ2n) is 5.61. The number of aliphatic hydroxyl groups excluding tert-OH is 1. The molecule has 3 N–H and O–H groups in total. The van der Waals surface area contributed by atoms with Crippen molar-refractivity contribution in [3.05, 3.63) is 29.8 Å². The highest BCUT2D eigenvalue weighted by Gasteiger charge is 2.16. The third-order valence-electron chi connectivity index (χ3n) is 4.08. The zero-order valence-corrected chi connectivity index (χ0v) is 12.3. The smallest absolute Gasteiger partial charge is 0.118 e. The van der Waals surface area contributed by atoms with Gasteiger partial charge in [0.2, 0.25) is 0 Å². The average Bonchev–Trinajstić information content (AvgIpc) is 2.49. The second kappa shape index (κ2) is 7.62. The van der Waals surface area contributed by atoms with Crippen LogP contribution >= 0.6 is 0 Å². The van der Waals surface area contributed by atoms with Crippen LogP contribution in [-0.4, -0.2) is 42.8 Å². The summed E-state index contributed by atoms with van der Waals surface area (Å²) in [7, 11) is 1.65. The van der Waals surface area contributed by atoms with Crippen LogP contribution in [0.5, 0.6) is 5.75 Å². The van der Waals surface area contributed by atoms with Crippen LogP contribution in [0.3, 0.4) is 0 Å². The fourth-order valence-corrected chi connectivity index (χ4v) is 2.68. The lowest BCUT2D eigenvalue weighted by atomic mass is 10.0. The number of rotatable bonds is 6. The van der Waals surface area contributed by atoms with Crippen molar-refractivity contribution < 1.29 is 9.84 Å². The van der Waals surface area contributed by atoms with Gasteiger partial charge in [0.15, 0.2) is 0 Å². The van der Waals surface area contributed by atoms with Gasteiger partial charge in [-0.25, -0.2) is 0 Å². The third kappa shape index (κ3) is 4.47. The summed E-state index contributed by atoms with van der Waals surface area (Å²) in [6, 6.07) is 8.04. The zero-order chi connectivity index (χ0) is 14.4. The van der Waals surface area contributed by atoms with E-state index in [0.717, 1.165) is 56.6 Å². The van der Waals surface area contributed by atoms with Crippen LogP contribution in [0.2, 0.25) is 0 Å². The molecule has 1 aliphatic rings. The van der Waals surface area contributed by atoms with Gasteiger partial charge in [0, 0.05) is 6.04 Å². The standard InChI is InChI=1S/C16H26N2O2/c1-20-15-6-4-13(5-7-15)16(19)3-2-10-18-11-8-14(17)9-12-18/h4-7,14,16,19H,2-3,8-12,17H2,1H3. The van der Waals surface area contributed by atoms with Gasteiger partial charge in [0.1, 0.15) is 5.75 Å². The van der Waals surface area contributed by atoms with Gasteiger partial charge in [-0.1, -0.05) is 12.1 Å². The maximum absolute atomic E-state index is 10.2. The number of hydrogen-bond acceptors (Lipinski definition) is 4. The van der Waals surface area contributed by atoms with E-state index in [0.29, 0.717) is 6.04 Å². The summed E-state index contributed by atoms with van der Waals surface area (Å²) in [5, 5.41) is 10.2. The molecule has 112 valence electrons. The summed E-state index contributed by atoms with van der Waals surface area (Å²) in [4.78, 5) is 2.45. The van der Waals surface area contributed by atoms with Crippen LogP contribution in [0, 0.1) is 0 Å². The van der Waals surface area contributed by atoms with Crippen LogP contribution < -0.4 is 10.5 Å². The van der Waals surface area contributed by atoms with E-state index in [1.54, 1.807) is 7.11 Å². The van der Waals surface area contributed by atoms with E-state index in [-0.39, 0.29) is 6.10 Å². The molecule has 1 aromatic rings. The molecule has 1 unspecified atom stereocenters. The number of methoxy groups -OCH3 is 1. The first-order valence-electron chi connectivity index (χ1n) is 7.49. The highest BCUT2D eigenvalue weighted by molar-refractivity contribution is 5.28. The molecule has 1 heterocycles. The van der Waals surface area contributed by atoms with Crippen molar-refractivity contribution in [2.24, 2.45) is 5.73 Å². The minimum atomic E-state index is -0.382. The van der Waals surface area contributed by atoms with Crippen LogP contribution in [0.25, 0.3) is 0 Å². The molecule has 20 heavy (non-hydrogen) atoms. The Hall–Kier alpha value is -1.10. The van der Waals surface area contributed by atoms with E-state index in [4.69, 9.17) is 10.5 Å². The van der Waals surface area contributed by atoms with Crippen molar-refractivity contribution in [2.75, 3.05) is 26.7 Å². The number of hydrogen-bond donors (Lipinski definition) is 2. The fourth-order valence-electron chi connectivity index (χ4n) is 2.68. The molecule has 2 rings (SSSR count). The summed E-state index contributed by atoms with van der Waals surface area (Å²) in [6.07, 6.45) is 3.63. The predicted octanol–water partition coefficient (Wildman–Crippen LogP) is 1.93. The molecule has 1 aromatic carbocycles. The van der Waals surface area contributed by atoms with Crippen molar-refractivity contribution in [2.45, 2.75) is 37.8 Å². The molecular weight excluding hydrogens is 252 g/mol. The SMILES string of the molecule is COc1ccc(C(O)CCCN2CCC(N)CC2)cc1. The molecule has 0 saturated carbocycles. The maximum atomic E-state index is 10.2. The van der Waals surface area contributed by atoms with Crippen molar-refractivity contribution in [3.8, 4) is 5.75 Å². The number of likely N-dealkylation sites (tertiary alicyclic amines) is 1. The first kappa shape index (κ1) is 15.3. The van der Waals surface area contributed by atoms with Crippen molar-refractivity contribution in [3.63, 3.8) is 0 Å². The second-order valence-corrected chi connectivity index (χ2v) is 5.61. The molecular formula is C16H26N2O2. The molecule has 0 radical (unpaired) electrons. The van der Waals surface area contributed by atoms with Crippen molar-refractivity contribution in [1.82, 2.24) is 4.90 Å². The molecule has 4 heteroatoms. The fraction of sp³-hybridized carbons (Fsp3) is 0.625. The topological polar surface area (TPSA) is 58.7 Å². The van der Waals surface area contributed by atoms with Crippen LogP contribution in [0.4, 0.5) is 0 Å². The molecule has 0 spiro atoms. The number of nitrogens with two attached hydrogens (primary N) is 1. The molecule has 1 aliphatic heterocycles. The Kier molecular flexibility index (Phi) is 5.83. The quantitative estimate of drug-likeness (QED) is 0.835. The molecule has 0 aromatic heterocycles. The van der Waals surface area contributed by atoms with Gasteiger partial charge < -0.3 is 20.5 Å². The van der Waals surface area contributed by atoms with E-state index < -0.39 is 0 Å². The Balaban J connectivity index is 1.70. The maximum Gasteiger partial charge on any atom is 0.118 e. The van der Waals surface area contributed by atoms with Gasteiger partial charge in [-0.15, -0.1) is 0 Å². The number of piperidine rings is 1. The number of benzene rings is 1. The largest absolute Gasteiger partial charge is 0.497 e. The Bertz CT molecular complexity index is 386. The third-order valence-corrected chi connectivity index (χ3v) is 4.08. The van der Waals surface area contributed by atoms with E-state index >= 15 is 0 Å². The van der Waals surface area contributed by atoms with E-state index in [2.05, 4.69) is 4.90 Å². The van der Waals surface area contributed by atoms with E-state index in [1.165, 1.54) is 0 Å². The Labute approximate surface area is 121 Å². The van der Waals surface area contributed by atoms with Crippen LogP contribution in [0.15, 0.2) is 24.3 Å². The molecule has 1 atom stereocenters.